The predicted octanol–water partition coefficient (Wildman–Crippen LogP) is 4.63. The van der Waals surface area contributed by atoms with Crippen molar-refractivity contribution in [1.82, 2.24) is 9.88 Å². The molecular formula is C23H22N2O. The number of pyridine rings is 1. The number of amides is 1. The first-order valence-electron chi connectivity index (χ1n) is 8.68. The Balaban J connectivity index is 1.81. The second-order valence-electron chi connectivity index (χ2n) is 6.23. The summed E-state index contributed by atoms with van der Waals surface area (Å²) in [6.45, 7) is 3.17. The Morgan fingerprint density at radius 1 is 0.962 bits per heavy atom. The van der Waals surface area contributed by atoms with E-state index in [1.165, 1.54) is 5.56 Å². The quantitative estimate of drug-likeness (QED) is 0.612. The number of rotatable bonds is 6. The molecule has 0 atom stereocenters. The number of hydrogen-bond acceptors (Lipinski definition) is 2. The molecule has 0 N–H and O–H groups in total. The first-order chi connectivity index (χ1) is 12.7. The van der Waals surface area contributed by atoms with Crippen LogP contribution in [0.25, 0.3) is 6.08 Å². The minimum Gasteiger partial charge on any atom is -0.330 e. The summed E-state index contributed by atoms with van der Waals surface area (Å²) in [6.07, 6.45) is 7.05. The fourth-order valence-corrected chi connectivity index (χ4v) is 2.75. The standard InChI is InChI=1S/C23H22N2O/c1-19-8-5-6-12-22(19)18-25(17-21-11-7-15-24-16-21)23(26)14-13-20-9-3-2-4-10-20/h2-16H,17-18H2,1H3. The lowest BCUT2D eigenvalue weighted by molar-refractivity contribution is -0.127. The summed E-state index contributed by atoms with van der Waals surface area (Å²) in [5.74, 6) is -0.0130. The minimum absolute atomic E-state index is 0.0130. The van der Waals surface area contributed by atoms with Gasteiger partial charge < -0.3 is 4.90 Å². The van der Waals surface area contributed by atoms with Gasteiger partial charge in [-0.3, -0.25) is 9.78 Å². The topological polar surface area (TPSA) is 33.2 Å². The Bertz CT molecular complexity index is 873. The van der Waals surface area contributed by atoms with E-state index in [1.54, 1.807) is 18.5 Å². The molecule has 26 heavy (non-hydrogen) atoms. The summed E-state index contributed by atoms with van der Waals surface area (Å²) in [5.41, 5.74) is 4.36. The van der Waals surface area contributed by atoms with Crippen molar-refractivity contribution in [3.8, 4) is 0 Å². The highest BCUT2D eigenvalue weighted by atomic mass is 16.2. The van der Waals surface area contributed by atoms with E-state index in [1.807, 2.05) is 65.6 Å². The molecule has 130 valence electrons. The molecule has 1 amide bonds. The van der Waals surface area contributed by atoms with E-state index in [0.717, 1.165) is 16.7 Å². The number of aryl methyl sites for hydroxylation is 1. The molecule has 0 saturated heterocycles. The smallest absolute Gasteiger partial charge is 0.247 e. The van der Waals surface area contributed by atoms with Crippen LogP contribution in [0.15, 0.2) is 85.2 Å². The maximum atomic E-state index is 12.9. The van der Waals surface area contributed by atoms with Crippen molar-refractivity contribution in [2.45, 2.75) is 20.0 Å². The molecule has 0 bridgehead atoms. The van der Waals surface area contributed by atoms with E-state index in [9.17, 15) is 4.79 Å². The fraction of sp³-hybridized carbons (Fsp3) is 0.130. The lowest BCUT2D eigenvalue weighted by Crippen LogP contribution is -2.28. The van der Waals surface area contributed by atoms with Gasteiger partial charge in [0, 0.05) is 31.6 Å². The molecule has 0 saturated carbocycles. The van der Waals surface area contributed by atoms with E-state index in [0.29, 0.717) is 13.1 Å². The van der Waals surface area contributed by atoms with Gasteiger partial charge in [0.15, 0.2) is 0 Å². The van der Waals surface area contributed by atoms with Crippen LogP contribution in [0.1, 0.15) is 22.3 Å². The first-order valence-corrected chi connectivity index (χ1v) is 8.68. The number of aromatic nitrogens is 1. The van der Waals surface area contributed by atoms with Gasteiger partial charge in [0.2, 0.25) is 5.91 Å². The third kappa shape index (κ3) is 4.90. The average molecular weight is 342 g/mol. The average Bonchev–Trinajstić information content (AvgIpc) is 2.69. The van der Waals surface area contributed by atoms with E-state index < -0.39 is 0 Å². The molecular weight excluding hydrogens is 320 g/mol. The van der Waals surface area contributed by atoms with Gasteiger partial charge in [-0.05, 0) is 41.3 Å². The monoisotopic (exact) mass is 342 g/mol. The van der Waals surface area contributed by atoms with E-state index >= 15 is 0 Å². The maximum absolute atomic E-state index is 12.9. The Labute approximate surface area is 154 Å². The van der Waals surface area contributed by atoms with Crippen LogP contribution < -0.4 is 0 Å². The molecule has 2 aromatic carbocycles. The molecule has 0 radical (unpaired) electrons. The van der Waals surface area contributed by atoms with E-state index in [-0.39, 0.29) is 5.91 Å². The molecule has 3 heteroatoms. The third-order valence-electron chi connectivity index (χ3n) is 4.25. The highest BCUT2D eigenvalue weighted by molar-refractivity contribution is 5.91. The van der Waals surface area contributed by atoms with Crippen molar-refractivity contribution < 1.29 is 4.79 Å². The zero-order valence-electron chi connectivity index (χ0n) is 14.9. The van der Waals surface area contributed by atoms with E-state index in [2.05, 4.69) is 24.0 Å². The molecule has 0 aliphatic heterocycles. The largest absolute Gasteiger partial charge is 0.330 e. The van der Waals surface area contributed by atoms with Gasteiger partial charge in [-0.1, -0.05) is 60.7 Å². The Morgan fingerprint density at radius 3 is 2.46 bits per heavy atom. The van der Waals surface area contributed by atoms with Gasteiger partial charge in [0.25, 0.3) is 0 Å². The van der Waals surface area contributed by atoms with Crippen LogP contribution in [-0.2, 0) is 17.9 Å². The summed E-state index contributed by atoms with van der Waals surface area (Å²) >= 11 is 0. The molecule has 0 unspecified atom stereocenters. The number of benzene rings is 2. The van der Waals surface area contributed by atoms with Crippen LogP contribution >= 0.6 is 0 Å². The number of hydrogen-bond donors (Lipinski definition) is 0. The highest BCUT2D eigenvalue weighted by Gasteiger charge is 2.13. The van der Waals surface area contributed by atoms with E-state index in [4.69, 9.17) is 0 Å². The molecule has 1 heterocycles. The fourth-order valence-electron chi connectivity index (χ4n) is 2.75. The summed E-state index contributed by atoms with van der Waals surface area (Å²) < 4.78 is 0. The number of nitrogens with zero attached hydrogens (tertiary/aromatic N) is 2. The molecule has 0 spiro atoms. The minimum atomic E-state index is -0.0130. The second-order valence-corrected chi connectivity index (χ2v) is 6.23. The molecule has 0 fully saturated rings. The third-order valence-corrected chi connectivity index (χ3v) is 4.25. The maximum Gasteiger partial charge on any atom is 0.247 e. The molecule has 3 aromatic rings. The molecule has 1 aromatic heterocycles. The molecule has 3 rings (SSSR count). The van der Waals surface area contributed by atoms with Crippen molar-refractivity contribution >= 4 is 12.0 Å². The summed E-state index contributed by atoms with van der Waals surface area (Å²) in [5, 5.41) is 0. The van der Waals surface area contributed by atoms with Crippen LogP contribution in [0.4, 0.5) is 0 Å². The highest BCUT2D eigenvalue weighted by Crippen LogP contribution is 2.14. The predicted molar refractivity (Wildman–Crippen MR) is 105 cm³/mol. The Morgan fingerprint density at radius 2 is 1.73 bits per heavy atom. The molecule has 0 aliphatic carbocycles. The van der Waals surface area contributed by atoms with Gasteiger partial charge in [-0.25, -0.2) is 0 Å². The van der Waals surface area contributed by atoms with Crippen LogP contribution in [0.5, 0.6) is 0 Å². The zero-order valence-corrected chi connectivity index (χ0v) is 14.9. The van der Waals surface area contributed by atoms with Gasteiger partial charge in [0.05, 0.1) is 0 Å². The van der Waals surface area contributed by atoms with Crippen molar-refractivity contribution in [3.05, 3.63) is 107 Å². The van der Waals surface area contributed by atoms with Crippen LogP contribution in [0, 0.1) is 6.92 Å². The van der Waals surface area contributed by atoms with Crippen molar-refractivity contribution in [3.63, 3.8) is 0 Å². The van der Waals surface area contributed by atoms with Crippen molar-refractivity contribution in [1.29, 1.82) is 0 Å². The Hall–Kier alpha value is -3.20. The lowest BCUT2D eigenvalue weighted by Gasteiger charge is -2.22. The van der Waals surface area contributed by atoms with Crippen LogP contribution in [-0.4, -0.2) is 15.8 Å². The second kappa shape index (κ2) is 8.77. The summed E-state index contributed by atoms with van der Waals surface area (Å²) in [6, 6.07) is 21.9. The molecule has 0 aliphatic rings. The zero-order chi connectivity index (χ0) is 18.2. The number of carbonyl (C=O) groups excluding carboxylic acids is 1. The van der Waals surface area contributed by atoms with Gasteiger partial charge in [0.1, 0.15) is 0 Å². The normalized spacial score (nSPS) is 10.8. The van der Waals surface area contributed by atoms with Gasteiger partial charge in [-0.2, -0.15) is 0 Å². The van der Waals surface area contributed by atoms with Crippen molar-refractivity contribution in [2.24, 2.45) is 0 Å². The SMILES string of the molecule is Cc1ccccc1CN(Cc1cccnc1)C(=O)C=Cc1ccccc1. The molecule has 3 nitrogen and oxygen atoms in total. The van der Waals surface area contributed by atoms with Crippen LogP contribution in [0.2, 0.25) is 0 Å². The summed E-state index contributed by atoms with van der Waals surface area (Å²) in [7, 11) is 0. The van der Waals surface area contributed by atoms with Gasteiger partial charge in [-0.15, -0.1) is 0 Å². The lowest BCUT2D eigenvalue weighted by atomic mass is 10.1. The first kappa shape index (κ1) is 17.6. The van der Waals surface area contributed by atoms with Crippen molar-refractivity contribution in [2.75, 3.05) is 0 Å². The number of carbonyl (C=O) groups is 1. The van der Waals surface area contributed by atoms with Crippen LogP contribution in [0.3, 0.4) is 0 Å². The Kier molecular flexibility index (Phi) is 5.94. The van der Waals surface area contributed by atoms with Gasteiger partial charge >= 0.3 is 0 Å². The summed E-state index contributed by atoms with van der Waals surface area (Å²) in [4.78, 5) is 18.9.